The highest BCUT2D eigenvalue weighted by atomic mass is 32.2. The van der Waals surface area contributed by atoms with Gasteiger partial charge >= 0.3 is 0 Å². The van der Waals surface area contributed by atoms with E-state index in [0.29, 0.717) is 10.5 Å². The zero-order chi connectivity index (χ0) is 9.72. The summed E-state index contributed by atoms with van der Waals surface area (Å²) in [5.74, 6) is 0. The molecular weight excluding hydrogens is 213 g/mol. The van der Waals surface area contributed by atoms with E-state index in [1.165, 1.54) is 23.9 Å². The van der Waals surface area contributed by atoms with Crippen LogP contribution in [0, 0.1) is 0 Å². The molecule has 0 spiro atoms. The number of hydrogen-bond acceptors (Lipinski definition) is 5. The fourth-order valence-corrected chi connectivity index (χ4v) is 4.23. The van der Waals surface area contributed by atoms with Crippen LogP contribution in [-0.2, 0) is 0 Å². The summed E-state index contributed by atoms with van der Waals surface area (Å²) in [6, 6.07) is 0. The van der Waals surface area contributed by atoms with Crippen molar-refractivity contribution in [1.29, 1.82) is 0 Å². The minimum absolute atomic E-state index is 0.376. The van der Waals surface area contributed by atoms with Crippen molar-refractivity contribution in [2.24, 2.45) is 0 Å². The van der Waals surface area contributed by atoms with Crippen LogP contribution in [0.5, 0.6) is 0 Å². The van der Waals surface area contributed by atoms with Crippen LogP contribution in [0.25, 0.3) is 0 Å². The predicted molar refractivity (Wildman–Crippen MR) is 58.7 cm³/mol. The molecule has 0 rings (SSSR count). The third kappa shape index (κ3) is 6.52. The molecule has 0 bridgehead atoms. The lowest BCUT2D eigenvalue weighted by Gasteiger charge is -2.23. The van der Waals surface area contributed by atoms with Gasteiger partial charge in [0.05, 0.1) is 0 Å². The van der Waals surface area contributed by atoms with Gasteiger partial charge in [-0.15, -0.1) is 3.48 Å². The molecule has 0 aliphatic heterocycles. The molecule has 2 N–H and O–H groups in total. The molecular formula is C6H16NO2PS2. The molecule has 74 valence electrons. The molecule has 0 radical (unpaired) electrons. The zero-order valence-electron chi connectivity index (χ0n) is 7.76. The monoisotopic (exact) mass is 229 g/mol. The van der Waals surface area contributed by atoms with Crippen molar-refractivity contribution in [1.82, 2.24) is 3.48 Å². The Hall–Kier alpha value is 1.01. The first-order chi connectivity index (χ1) is 5.43. The van der Waals surface area contributed by atoms with Gasteiger partial charge in [-0.2, -0.15) is 0 Å². The Morgan fingerprint density at radius 2 is 1.33 bits per heavy atom. The standard InChI is InChI=1S/C6H16NO2PS2/c1-5(2)11-7(10(8)9)12-6(3)4/h5-6,8-9H,1-4H3. The van der Waals surface area contributed by atoms with Crippen molar-refractivity contribution in [3.05, 3.63) is 0 Å². The van der Waals surface area contributed by atoms with E-state index in [1.807, 2.05) is 27.7 Å². The zero-order valence-corrected chi connectivity index (χ0v) is 10.3. The van der Waals surface area contributed by atoms with Crippen molar-refractivity contribution in [3.63, 3.8) is 0 Å². The molecule has 0 aromatic heterocycles. The van der Waals surface area contributed by atoms with Crippen molar-refractivity contribution in [2.45, 2.75) is 38.2 Å². The first-order valence-electron chi connectivity index (χ1n) is 3.75. The Bertz CT molecular complexity index is 114. The third-order valence-corrected chi connectivity index (χ3v) is 4.20. The molecule has 0 saturated heterocycles. The van der Waals surface area contributed by atoms with Crippen LogP contribution >= 0.6 is 32.4 Å². The van der Waals surface area contributed by atoms with Gasteiger partial charge in [-0.05, 0) is 0 Å². The molecule has 3 nitrogen and oxygen atoms in total. The topological polar surface area (TPSA) is 43.7 Å². The van der Waals surface area contributed by atoms with Crippen LogP contribution in [0.1, 0.15) is 27.7 Å². The quantitative estimate of drug-likeness (QED) is 0.560. The molecule has 0 fully saturated rings. The van der Waals surface area contributed by atoms with Crippen LogP contribution in [0.3, 0.4) is 0 Å². The second-order valence-corrected chi connectivity index (χ2v) is 7.56. The molecule has 0 heterocycles. The minimum Gasteiger partial charge on any atom is -0.337 e. The second-order valence-electron chi connectivity index (χ2n) is 2.81. The van der Waals surface area contributed by atoms with Gasteiger partial charge in [0.25, 0.3) is 8.53 Å². The molecule has 12 heavy (non-hydrogen) atoms. The Kier molecular flexibility index (Phi) is 7.01. The van der Waals surface area contributed by atoms with E-state index in [-0.39, 0.29) is 0 Å². The number of nitrogens with zero attached hydrogens (tertiary/aromatic N) is 1. The molecule has 0 aromatic carbocycles. The van der Waals surface area contributed by atoms with Gasteiger partial charge in [-0.3, -0.25) is 0 Å². The summed E-state index contributed by atoms with van der Waals surface area (Å²) in [5.41, 5.74) is 0. The first-order valence-corrected chi connectivity index (χ1v) is 6.62. The normalized spacial score (nSPS) is 12.5. The third-order valence-electron chi connectivity index (χ3n) is 0.748. The van der Waals surface area contributed by atoms with Gasteiger partial charge in [-0.1, -0.05) is 51.6 Å². The van der Waals surface area contributed by atoms with Crippen LogP contribution in [0.15, 0.2) is 0 Å². The Labute approximate surface area is 84.2 Å². The fraction of sp³-hybridized carbons (Fsp3) is 1.00. The van der Waals surface area contributed by atoms with Crippen molar-refractivity contribution >= 4 is 32.4 Å². The van der Waals surface area contributed by atoms with Crippen molar-refractivity contribution in [2.75, 3.05) is 0 Å². The Morgan fingerprint density at radius 1 is 1.00 bits per heavy atom. The first kappa shape index (κ1) is 13.0. The highest BCUT2D eigenvalue weighted by molar-refractivity contribution is 8.17. The summed E-state index contributed by atoms with van der Waals surface area (Å²) >= 11 is 2.92. The Morgan fingerprint density at radius 3 is 1.50 bits per heavy atom. The van der Waals surface area contributed by atoms with E-state index >= 15 is 0 Å². The smallest absolute Gasteiger partial charge is 0.274 e. The summed E-state index contributed by atoms with van der Waals surface area (Å²) in [7, 11) is -1.97. The average Bonchev–Trinajstić information content (AvgIpc) is 1.83. The van der Waals surface area contributed by atoms with Crippen LogP contribution in [0.4, 0.5) is 0 Å². The van der Waals surface area contributed by atoms with Gasteiger partial charge in [0.15, 0.2) is 0 Å². The van der Waals surface area contributed by atoms with Gasteiger partial charge in [0, 0.05) is 10.5 Å². The fourth-order valence-electron chi connectivity index (χ4n) is 0.470. The summed E-state index contributed by atoms with van der Waals surface area (Å²) in [5, 5.41) is 0.751. The summed E-state index contributed by atoms with van der Waals surface area (Å²) in [6.45, 7) is 8.10. The minimum atomic E-state index is -1.97. The molecule has 6 heteroatoms. The molecule has 0 atom stereocenters. The van der Waals surface area contributed by atoms with Gasteiger partial charge in [0.2, 0.25) is 0 Å². The van der Waals surface area contributed by atoms with Crippen LogP contribution in [-0.4, -0.2) is 23.8 Å². The summed E-state index contributed by atoms with van der Waals surface area (Å²) in [4.78, 5) is 18.0. The molecule has 0 aliphatic carbocycles. The molecule has 0 aliphatic rings. The predicted octanol–water partition coefficient (Wildman–Crippen LogP) is 2.61. The van der Waals surface area contributed by atoms with Crippen molar-refractivity contribution < 1.29 is 9.79 Å². The SMILES string of the molecule is CC(C)SN(SC(C)C)P(O)O. The summed E-state index contributed by atoms with van der Waals surface area (Å²) < 4.78 is 1.57. The second kappa shape index (κ2) is 6.46. The van der Waals surface area contributed by atoms with E-state index < -0.39 is 8.53 Å². The highest BCUT2D eigenvalue weighted by Crippen LogP contribution is 2.46. The number of hydrogen-bond donors (Lipinski definition) is 2. The lowest BCUT2D eigenvalue weighted by Crippen LogP contribution is -2.07. The van der Waals surface area contributed by atoms with Crippen molar-refractivity contribution in [3.8, 4) is 0 Å². The lowest BCUT2D eigenvalue weighted by molar-refractivity contribution is 0.463. The van der Waals surface area contributed by atoms with Crippen LogP contribution < -0.4 is 0 Å². The van der Waals surface area contributed by atoms with Gasteiger partial charge in [-0.25, -0.2) is 0 Å². The molecule has 0 saturated carbocycles. The lowest BCUT2D eigenvalue weighted by atomic mass is 10.6. The van der Waals surface area contributed by atoms with E-state index in [0.717, 1.165) is 0 Å². The van der Waals surface area contributed by atoms with Gasteiger partial charge in [0.1, 0.15) is 0 Å². The number of rotatable bonds is 5. The van der Waals surface area contributed by atoms with E-state index in [2.05, 4.69) is 0 Å². The molecule has 0 amide bonds. The van der Waals surface area contributed by atoms with E-state index in [9.17, 15) is 0 Å². The average molecular weight is 229 g/mol. The van der Waals surface area contributed by atoms with E-state index in [4.69, 9.17) is 9.79 Å². The molecule has 0 aromatic rings. The highest BCUT2D eigenvalue weighted by Gasteiger charge is 2.18. The Balaban J connectivity index is 3.87. The van der Waals surface area contributed by atoms with E-state index in [1.54, 1.807) is 3.48 Å². The molecule has 0 unspecified atom stereocenters. The maximum Gasteiger partial charge on any atom is 0.274 e. The maximum atomic E-state index is 9.01. The largest absolute Gasteiger partial charge is 0.337 e. The summed E-state index contributed by atoms with van der Waals surface area (Å²) in [6.07, 6.45) is 0. The van der Waals surface area contributed by atoms with Crippen LogP contribution in [0.2, 0.25) is 0 Å². The van der Waals surface area contributed by atoms with Gasteiger partial charge < -0.3 is 9.79 Å². The maximum absolute atomic E-state index is 9.01.